The summed E-state index contributed by atoms with van der Waals surface area (Å²) in [6.07, 6.45) is 5.83. The predicted octanol–water partition coefficient (Wildman–Crippen LogP) is 3.05. The standard InChI is InChI=1S/C20H32N6O.HI/c1-4-6-15-27-18-9-7-17(8-10-18)11-12-22-20(21-3)23-13-14-26-16-24-25-19(26)5-2;/h7-10,16H,4-6,11-15H2,1-3H3,(H2,21,22,23);1H. The van der Waals surface area contributed by atoms with Gasteiger partial charge in [0, 0.05) is 33.1 Å². The second-order valence-corrected chi connectivity index (χ2v) is 6.32. The molecule has 0 bridgehead atoms. The first-order chi connectivity index (χ1) is 13.3. The second-order valence-electron chi connectivity index (χ2n) is 6.32. The van der Waals surface area contributed by atoms with Crippen LogP contribution >= 0.6 is 24.0 Å². The Kier molecular flexibility index (Phi) is 12.3. The topological polar surface area (TPSA) is 76.4 Å². The minimum absolute atomic E-state index is 0. The third-order valence-corrected chi connectivity index (χ3v) is 4.28. The summed E-state index contributed by atoms with van der Waals surface area (Å²) in [5.41, 5.74) is 1.28. The number of hydrogen-bond acceptors (Lipinski definition) is 4. The molecule has 7 nitrogen and oxygen atoms in total. The highest BCUT2D eigenvalue weighted by molar-refractivity contribution is 14.0. The Morgan fingerprint density at radius 1 is 1.14 bits per heavy atom. The minimum Gasteiger partial charge on any atom is -0.494 e. The van der Waals surface area contributed by atoms with Crippen molar-refractivity contribution in [1.82, 2.24) is 25.4 Å². The number of aryl methyl sites for hydroxylation is 1. The van der Waals surface area contributed by atoms with Gasteiger partial charge in [-0.2, -0.15) is 0 Å². The van der Waals surface area contributed by atoms with Gasteiger partial charge in [0.05, 0.1) is 6.61 Å². The SMILES string of the molecule is CCCCOc1ccc(CCNC(=NC)NCCn2cnnc2CC)cc1.I. The van der Waals surface area contributed by atoms with Crippen molar-refractivity contribution in [2.45, 2.75) is 46.1 Å². The van der Waals surface area contributed by atoms with Crippen LogP contribution in [0.25, 0.3) is 0 Å². The molecule has 0 aliphatic rings. The van der Waals surface area contributed by atoms with Gasteiger partial charge >= 0.3 is 0 Å². The van der Waals surface area contributed by atoms with Gasteiger partial charge in [-0.3, -0.25) is 4.99 Å². The summed E-state index contributed by atoms with van der Waals surface area (Å²) in [7, 11) is 1.79. The molecule has 156 valence electrons. The number of aromatic nitrogens is 3. The highest BCUT2D eigenvalue weighted by Gasteiger charge is 2.02. The fraction of sp³-hybridized carbons (Fsp3) is 0.550. The zero-order chi connectivity index (χ0) is 19.3. The summed E-state index contributed by atoms with van der Waals surface area (Å²) in [6, 6.07) is 8.33. The second kappa shape index (κ2) is 14.2. The number of nitrogens with one attached hydrogen (secondary N) is 2. The van der Waals surface area contributed by atoms with Crippen molar-refractivity contribution in [1.29, 1.82) is 0 Å². The number of rotatable bonds is 11. The molecule has 0 aliphatic carbocycles. The van der Waals surface area contributed by atoms with Gasteiger partial charge in [-0.05, 0) is 30.5 Å². The van der Waals surface area contributed by atoms with Crippen LogP contribution in [0.2, 0.25) is 0 Å². The zero-order valence-corrected chi connectivity index (χ0v) is 19.5. The molecule has 8 heteroatoms. The van der Waals surface area contributed by atoms with E-state index in [2.05, 4.69) is 56.4 Å². The van der Waals surface area contributed by atoms with E-state index in [1.54, 1.807) is 13.4 Å². The molecule has 0 amide bonds. The van der Waals surface area contributed by atoms with E-state index in [1.807, 2.05) is 12.1 Å². The van der Waals surface area contributed by atoms with Gasteiger partial charge in [0.2, 0.25) is 0 Å². The number of nitrogens with zero attached hydrogens (tertiary/aromatic N) is 4. The van der Waals surface area contributed by atoms with Crippen LogP contribution in [0.4, 0.5) is 0 Å². The van der Waals surface area contributed by atoms with Crippen LogP contribution in [0.5, 0.6) is 5.75 Å². The summed E-state index contributed by atoms with van der Waals surface area (Å²) in [5, 5.41) is 14.7. The monoisotopic (exact) mass is 500 g/mol. The largest absolute Gasteiger partial charge is 0.494 e. The van der Waals surface area contributed by atoms with E-state index in [9.17, 15) is 0 Å². The predicted molar refractivity (Wildman–Crippen MR) is 125 cm³/mol. The highest BCUT2D eigenvalue weighted by atomic mass is 127. The molecular formula is C20H33IN6O. The summed E-state index contributed by atoms with van der Waals surface area (Å²) in [4.78, 5) is 4.27. The lowest BCUT2D eigenvalue weighted by atomic mass is 10.1. The minimum atomic E-state index is 0. The van der Waals surface area contributed by atoms with Crippen LogP contribution in [-0.4, -0.2) is 47.5 Å². The van der Waals surface area contributed by atoms with Gasteiger partial charge in [0.25, 0.3) is 0 Å². The number of halogens is 1. The molecule has 2 rings (SSSR count). The van der Waals surface area contributed by atoms with Gasteiger partial charge in [-0.15, -0.1) is 34.2 Å². The Labute approximate surface area is 185 Å². The Morgan fingerprint density at radius 2 is 1.89 bits per heavy atom. The lowest BCUT2D eigenvalue weighted by Crippen LogP contribution is -2.39. The molecule has 0 saturated carbocycles. The lowest BCUT2D eigenvalue weighted by molar-refractivity contribution is 0.309. The average molecular weight is 500 g/mol. The molecule has 2 N–H and O–H groups in total. The van der Waals surface area contributed by atoms with Crippen molar-refractivity contribution in [3.05, 3.63) is 42.0 Å². The van der Waals surface area contributed by atoms with Crippen LogP contribution in [-0.2, 0) is 19.4 Å². The fourth-order valence-corrected chi connectivity index (χ4v) is 2.67. The summed E-state index contributed by atoms with van der Waals surface area (Å²) in [5.74, 6) is 2.75. The molecule has 0 fully saturated rings. The van der Waals surface area contributed by atoms with Gasteiger partial charge in [-0.1, -0.05) is 32.4 Å². The van der Waals surface area contributed by atoms with Crippen LogP contribution in [0.3, 0.4) is 0 Å². The highest BCUT2D eigenvalue weighted by Crippen LogP contribution is 2.12. The third kappa shape index (κ3) is 8.45. The van der Waals surface area contributed by atoms with Crippen molar-refractivity contribution in [2.24, 2.45) is 4.99 Å². The van der Waals surface area contributed by atoms with E-state index in [0.29, 0.717) is 0 Å². The van der Waals surface area contributed by atoms with E-state index in [0.717, 1.165) is 69.5 Å². The molecular weight excluding hydrogens is 467 g/mol. The molecule has 1 heterocycles. The number of ether oxygens (including phenoxy) is 1. The summed E-state index contributed by atoms with van der Waals surface area (Å²) < 4.78 is 7.76. The first-order valence-electron chi connectivity index (χ1n) is 9.79. The van der Waals surface area contributed by atoms with E-state index in [-0.39, 0.29) is 24.0 Å². The molecule has 0 aliphatic heterocycles. The van der Waals surface area contributed by atoms with Crippen molar-refractivity contribution in [2.75, 3.05) is 26.7 Å². The van der Waals surface area contributed by atoms with Gasteiger partial charge in [-0.25, -0.2) is 0 Å². The molecule has 2 aromatic rings. The van der Waals surface area contributed by atoms with Crippen molar-refractivity contribution < 1.29 is 4.74 Å². The zero-order valence-electron chi connectivity index (χ0n) is 17.1. The molecule has 0 atom stereocenters. The quantitative estimate of drug-likeness (QED) is 0.215. The Morgan fingerprint density at radius 3 is 2.57 bits per heavy atom. The Balaban J connectivity index is 0.00000392. The third-order valence-electron chi connectivity index (χ3n) is 4.28. The number of guanidine groups is 1. The van der Waals surface area contributed by atoms with Crippen molar-refractivity contribution in [3.63, 3.8) is 0 Å². The first-order valence-corrected chi connectivity index (χ1v) is 9.79. The van der Waals surface area contributed by atoms with Crippen LogP contribution in [0.1, 0.15) is 38.1 Å². The molecule has 1 aromatic carbocycles. The number of benzene rings is 1. The van der Waals surface area contributed by atoms with E-state index >= 15 is 0 Å². The van der Waals surface area contributed by atoms with Crippen LogP contribution in [0.15, 0.2) is 35.6 Å². The van der Waals surface area contributed by atoms with E-state index in [1.165, 1.54) is 5.56 Å². The lowest BCUT2D eigenvalue weighted by Gasteiger charge is -2.13. The molecule has 0 spiro atoms. The van der Waals surface area contributed by atoms with E-state index < -0.39 is 0 Å². The van der Waals surface area contributed by atoms with Gasteiger partial charge < -0.3 is 19.9 Å². The van der Waals surface area contributed by atoms with Crippen LogP contribution in [0, 0.1) is 0 Å². The van der Waals surface area contributed by atoms with Crippen molar-refractivity contribution >= 4 is 29.9 Å². The molecule has 0 radical (unpaired) electrons. The number of aliphatic imine (C=N–C) groups is 1. The molecule has 1 aromatic heterocycles. The van der Waals surface area contributed by atoms with Crippen LogP contribution < -0.4 is 15.4 Å². The summed E-state index contributed by atoms with van der Waals surface area (Å²) in [6.45, 7) is 7.44. The van der Waals surface area contributed by atoms with Crippen molar-refractivity contribution in [3.8, 4) is 5.75 Å². The summed E-state index contributed by atoms with van der Waals surface area (Å²) >= 11 is 0. The molecule has 0 unspecified atom stereocenters. The maximum atomic E-state index is 5.70. The number of hydrogen-bond donors (Lipinski definition) is 2. The fourth-order valence-electron chi connectivity index (χ4n) is 2.67. The smallest absolute Gasteiger partial charge is 0.191 e. The molecule has 0 saturated heterocycles. The molecule has 28 heavy (non-hydrogen) atoms. The van der Waals surface area contributed by atoms with E-state index in [4.69, 9.17) is 4.74 Å². The Hall–Kier alpha value is -1.84. The number of unbranched alkanes of at least 4 members (excludes halogenated alkanes) is 1. The average Bonchev–Trinajstić information content (AvgIpc) is 3.15. The Bertz CT molecular complexity index is 686. The first kappa shape index (κ1) is 24.2. The van der Waals surface area contributed by atoms with Gasteiger partial charge in [0.1, 0.15) is 17.9 Å². The maximum Gasteiger partial charge on any atom is 0.191 e. The normalized spacial score (nSPS) is 11.0. The maximum absolute atomic E-state index is 5.70. The van der Waals surface area contributed by atoms with Gasteiger partial charge in [0.15, 0.2) is 5.96 Å².